The van der Waals surface area contributed by atoms with E-state index < -0.39 is 26.0 Å². The summed E-state index contributed by atoms with van der Waals surface area (Å²) in [5, 5.41) is 8.35. The molecule has 0 saturated heterocycles. The fraction of sp³-hybridized carbons (Fsp3) is 0.136. The predicted molar refractivity (Wildman–Crippen MR) is 118 cm³/mol. The second-order valence-electron chi connectivity index (χ2n) is 5.97. The third kappa shape index (κ3) is 6.51. The molecule has 0 atom stereocenters. The summed E-state index contributed by atoms with van der Waals surface area (Å²) >= 11 is 0. The standard InChI is InChI=1S/C22H22FN5O3/c1-3-20(29)25-16-5-4-6-17(13-16)26-21-19(23)14-24-22(28-21)27-15-7-9-18(10-8-15)31-12-11-30-2/h3-10,13-14H,1,11-12H2,2H3,(H,25,29)(H2,24,26,27,28)/i2D3,11D2. The Morgan fingerprint density at radius 1 is 1.23 bits per heavy atom. The van der Waals surface area contributed by atoms with Gasteiger partial charge in [0.15, 0.2) is 11.6 Å². The van der Waals surface area contributed by atoms with Gasteiger partial charge in [-0.2, -0.15) is 4.98 Å². The van der Waals surface area contributed by atoms with Crippen LogP contribution in [0.15, 0.2) is 67.4 Å². The van der Waals surface area contributed by atoms with Crippen molar-refractivity contribution >= 4 is 34.7 Å². The number of amides is 1. The molecule has 3 rings (SSSR count). The van der Waals surface area contributed by atoms with Gasteiger partial charge in [-0.25, -0.2) is 9.37 Å². The second kappa shape index (κ2) is 10.7. The molecule has 160 valence electrons. The van der Waals surface area contributed by atoms with Gasteiger partial charge in [0.2, 0.25) is 11.9 Å². The van der Waals surface area contributed by atoms with Crippen LogP contribution in [0.1, 0.15) is 6.85 Å². The van der Waals surface area contributed by atoms with Crippen molar-refractivity contribution in [3.05, 3.63) is 73.2 Å². The zero-order chi connectivity index (χ0) is 26.3. The molecule has 0 fully saturated rings. The van der Waals surface area contributed by atoms with Gasteiger partial charge in [-0.3, -0.25) is 4.79 Å². The number of nitrogens with one attached hydrogen (secondary N) is 3. The molecule has 3 N–H and O–H groups in total. The molecule has 3 aromatic rings. The topological polar surface area (TPSA) is 97.4 Å². The number of hydrogen-bond acceptors (Lipinski definition) is 7. The van der Waals surface area contributed by atoms with Gasteiger partial charge in [0, 0.05) is 24.1 Å². The SMILES string of the molecule is [2H]C([2H])([2H])OC([2H])([2H])COc1ccc(Nc2ncc(F)c(Nc3cccc(NC(=O)C=C)c3)n2)cc1. The number of nitrogens with zero attached hydrogens (tertiary/aromatic N) is 2. The fourth-order valence-electron chi connectivity index (χ4n) is 2.43. The van der Waals surface area contributed by atoms with Gasteiger partial charge in [-0.1, -0.05) is 12.6 Å². The molecular weight excluding hydrogens is 401 g/mol. The number of carbonyl (C=O) groups excluding carboxylic acids is 1. The summed E-state index contributed by atoms with van der Waals surface area (Å²) in [6.07, 6.45) is 2.12. The lowest BCUT2D eigenvalue weighted by Crippen LogP contribution is -2.07. The highest BCUT2D eigenvalue weighted by Crippen LogP contribution is 2.23. The Morgan fingerprint density at radius 3 is 2.81 bits per heavy atom. The number of anilines is 5. The van der Waals surface area contributed by atoms with E-state index in [0.29, 0.717) is 17.1 Å². The van der Waals surface area contributed by atoms with Crippen molar-refractivity contribution in [3.8, 4) is 5.75 Å². The van der Waals surface area contributed by atoms with Gasteiger partial charge in [-0.15, -0.1) is 0 Å². The molecule has 0 saturated carbocycles. The molecule has 9 heteroatoms. The average Bonchev–Trinajstić information content (AvgIpc) is 2.79. The average molecular weight is 428 g/mol. The Morgan fingerprint density at radius 2 is 2.03 bits per heavy atom. The van der Waals surface area contributed by atoms with E-state index in [1.165, 1.54) is 12.1 Å². The van der Waals surface area contributed by atoms with Crippen LogP contribution in [0.4, 0.5) is 33.2 Å². The summed E-state index contributed by atoms with van der Waals surface area (Å²) in [5.74, 6) is -0.823. The molecule has 0 radical (unpaired) electrons. The first kappa shape index (κ1) is 15.8. The Labute approximate surface area is 186 Å². The number of hydrogen-bond donors (Lipinski definition) is 3. The lowest BCUT2D eigenvalue weighted by Gasteiger charge is -2.11. The molecule has 1 amide bonds. The van der Waals surface area contributed by atoms with Gasteiger partial charge < -0.3 is 25.4 Å². The lowest BCUT2D eigenvalue weighted by molar-refractivity contribution is -0.111. The number of aromatic nitrogens is 2. The zero-order valence-corrected chi connectivity index (χ0v) is 16.2. The number of halogens is 1. The van der Waals surface area contributed by atoms with Crippen molar-refractivity contribution in [1.82, 2.24) is 9.97 Å². The minimum absolute atomic E-state index is 0.0890. The fourth-order valence-corrected chi connectivity index (χ4v) is 2.43. The largest absolute Gasteiger partial charge is 0.491 e. The summed E-state index contributed by atoms with van der Waals surface area (Å²) in [5.41, 5.74) is 1.48. The van der Waals surface area contributed by atoms with Crippen molar-refractivity contribution in [3.63, 3.8) is 0 Å². The zero-order valence-electron chi connectivity index (χ0n) is 21.2. The van der Waals surface area contributed by atoms with Crippen LogP contribution in [-0.4, -0.2) is 36.1 Å². The van der Waals surface area contributed by atoms with E-state index in [1.807, 2.05) is 0 Å². The minimum Gasteiger partial charge on any atom is -0.491 e. The van der Waals surface area contributed by atoms with E-state index in [1.54, 1.807) is 36.4 Å². The van der Waals surface area contributed by atoms with Crippen LogP contribution in [0, 0.1) is 5.82 Å². The lowest BCUT2D eigenvalue weighted by atomic mass is 10.2. The number of carbonyl (C=O) groups is 1. The van der Waals surface area contributed by atoms with Crippen LogP contribution in [0.5, 0.6) is 5.75 Å². The normalized spacial score (nSPS) is 13.5. The molecule has 0 aliphatic heterocycles. The van der Waals surface area contributed by atoms with Crippen LogP contribution in [0.3, 0.4) is 0 Å². The monoisotopic (exact) mass is 428 g/mol. The molecular formula is C22H22FN5O3. The third-order valence-electron chi connectivity index (χ3n) is 3.80. The first-order valence-electron chi connectivity index (χ1n) is 11.5. The van der Waals surface area contributed by atoms with E-state index >= 15 is 0 Å². The van der Waals surface area contributed by atoms with Crippen LogP contribution >= 0.6 is 0 Å². The molecule has 0 aliphatic rings. The smallest absolute Gasteiger partial charge is 0.247 e. The molecule has 0 bridgehead atoms. The highest BCUT2D eigenvalue weighted by molar-refractivity contribution is 5.99. The summed E-state index contributed by atoms with van der Waals surface area (Å²) in [6.45, 7) is 0.249. The van der Waals surface area contributed by atoms with Crippen molar-refractivity contribution < 1.29 is 25.5 Å². The summed E-state index contributed by atoms with van der Waals surface area (Å²) in [4.78, 5) is 19.5. The van der Waals surface area contributed by atoms with E-state index in [9.17, 15) is 9.18 Å². The second-order valence-corrected chi connectivity index (χ2v) is 5.97. The molecule has 0 aliphatic carbocycles. The molecule has 1 aromatic heterocycles. The van der Waals surface area contributed by atoms with Gasteiger partial charge in [0.1, 0.15) is 12.4 Å². The van der Waals surface area contributed by atoms with E-state index in [0.717, 1.165) is 12.3 Å². The Bertz CT molecular complexity index is 1230. The molecule has 0 unspecified atom stereocenters. The van der Waals surface area contributed by atoms with Crippen LogP contribution in [0.25, 0.3) is 0 Å². The number of methoxy groups -OCH3 is 1. The van der Waals surface area contributed by atoms with Crippen molar-refractivity contribution in [2.24, 2.45) is 0 Å². The Balaban J connectivity index is 1.64. The maximum atomic E-state index is 14.3. The number of ether oxygens (including phenoxy) is 2. The minimum atomic E-state index is -2.90. The Hall–Kier alpha value is -3.98. The highest BCUT2D eigenvalue weighted by atomic mass is 19.1. The van der Waals surface area contributed by atoms with Crippen LogP contribution in [0.2, 0.25) is 0 Å². The summed E-state index contributed by atoms with van der Waals surface area (Å²) in [6, 6.07) is 12.8. The molecule has 8 nitrogen and oxygen atoms in total. The summed E-state index contributed by atoms with van der Waals surface area (Å²) in [7, 11) is -2.90. The maximum Gasteiger partial charge on any atom is 0.247 e. The highest BCUT2D eigenvalue weighted by Gasteiger charge is 2.09. The molecule has 1 heterocycles. The van der Waals surface area contributed by atoms with Crippen molar-refractivity contribution in [1.29, 1.82) is 0 Å². The van der Waals surface area contributed by atoms with Gasteiger partial charge >= 0.3 is 0 Å². The van der Waals surface area contributed by atoms with Crippen molar-refractivity contribution in [2.75, 3.05) is 36.2 Å². The van der Waals surface area contributed by atoms with E-state index in [2.05, 4.69) is 37.2 Å². The maximum absolute atomic E-state index is 14.3. The predicted octanol–water partition coefficient (Wildman–Crippen LogP) is 4.25. The van der Waals surface area contributed by atoms with Crippen LogP contribution in [-0.2, 0) is 9.53 Å². The molecule has 0 spiro atoms. The first-order chi connectivity index (χ1) is 16.9. The summed E-state index contributed by atoms with van der Waals surface area (Å²) < 4.78 is 60.0. The van der Waals surface area contributed by atoms with Gasteiger partial charge in [0.25, 0.3) is 0 Å². The quantitative estimate of drug-likeness (QED) is 0.415. The Kier molecular flexibility index (Phi) is 5.45. The van der Waals surface area contributed by atoms with E-state index in [4.69, 9.17) is 11.6 Å². The third-order valence-corrected chi connectivity index (χ3v) is 3.80. The van der Waals surface area contributed by atoms with E-state index in [-0.39, 0.29) is 23.4 Å². The van der Waals surface area contributed by atoms with Crippen molar-refractivity contribution in [2.45, 2.75) is 0 Å². The molecule has 2 aromatic carbocycles. The number of rotatable bonds is 10. The van der Waals surface area contributed by atoms with Gasteiger partial charge in [0.05, 0.1) is 19.6 Å². The number of benzene rings is 2. The first-order valence-corrected chi connectivity index (χ1v) is 8.96. The van der Waals surface area contributed by atoms with Gasteiger partial charge in [-0.05, 0) is 48.5 Å². The van der Waals surface area contributed by atoms with Crippen LogP contribution < -0.4 is 20.7 Å². The molecule has 31 heavy (non-hydrogen) atoms.